The van der Waals surface area contributed by atoms with Crippen LogP contribution in [-0.2, 0) is 14.8 Å². The Kier molecular flexibility index (Phi) is 5.30. The van der Waals surface area contributed by atoms with Gasteiger partial charge in [0.15, 0.2) is 0 Å². The van der Waals surface area contributed by atoms with Crippen LogP contribution >= 0.6 is 0 Å². The zero-order valence-corrected chi connectivity index (χ0v) is 13.1. The van der Waals surface area contributed by atoms with Crippen LogP contribution in [0.4, 0.5) is 0 Å². The number of nitrogens with zero attached hydrogens (tertiary/aromatic N) is 1. The van der Waals surface area contributed by atoms with Gasteiger partial charge >= 0.3 is 5.97 Å². The van der Waals surface area contributed by atoms with Crippen molar-refractivity contribution in [3.05, 3.63) is 29.3 Å². The van der Waals surface area contributed by atoms with E-state index in [0.29, 0.717) is 5.56 Å². The quantitative estimate of drug-likeness (QED) is 0.872. The summed E-state index contributed by atoms with van der Waals surface area (Å²) in [7, 11) is -3.79. The fraction of sp³-hybridized carbons (Fsp3) is 0.500. The molecule has 0 spiro atoms. The van der Waals surface area contributed by atoms with Crippen molar-refractivity contribution in [3.8, 4) is 0 Å². The van der Waals surface area contributed by atoms with Gasteiger partial charge in [0.25, 0.3) is 0 Å². The van der Waals surface area contributed by atoms with Gasteiger partial charge in [0.2, 0.25) is 10.0 Å². The van der Waals surface area contributed by atoms with E-state index in [0.717, 1.165) is 9.87 Å². The molecule has 0 heterocycles. The van der Waals surface area contributed by atoms with Crippen LogP contribution < -0.4 is 0 Å². The predicted molar refractivity (Wildman–Crippen MR) is 77.1 cm³/mol. The third kappa shape index (κ3) is 4.05. The topological polar surface area (TPSA) is 74.7 Å². The van der Waals surface area contributed by atoms with E-state index in [1.807, 2.05) is 20.8 Å². The third-order valence-electron chi connectivity index (χ3n) is 2.83. The van der Waals surface area contributed by atoms with Gasteiger partial charge in [0.1, 0.15) is 6.54 Å². The SMILES string of the molecule is Cc1ccc(S(=O)(=O)N(CC(=O)O)CC(C)C)c(C)c1. The molecule has 0 atom stereocenters. The van der Waals surface area contributed by atoms with Crippen LogP contribution in [0.1, 0.15) is 25.0 Å². The minimum atomic E-state index is -3.79. The summed E-state index contributed by atoms with van der Waals surface area (Å²) in [5.41, 5.74) is 1.60. The lowest BCUT2D eigenvalue weighted by Gasteiger charge is -2.23. The van der Waals surface area contributed by atoms with Gasteiger partial charge in [0, 0.05) is 6.54 Å². The molecule has 0 unspecified atom stereocenters. The number of carbonyl (C=O) groups is 1. The molecule has 112 valence electrons. The lowest BCUT2D eigenvalue weighted by Crippen LogP contribution is -2.38. The average molecular weight is 299 g/mol. The molecule has 0 saturated heterocycles. The van der Waals surface area contributed by atoms with E-state index in [2.05, 4.69) is 0 Å². The van der Waals surface area contributed by atoms with Gasteiger partial charge in [-0.25, -0.2) is 8.42 Å². The molecule has 1 aromatic rings. The molecule has 0 amide bonds. The Labute approximate surface area is 120 Å². The molecule has 1 N–H and O–H groups in total. The van der Waals surface area contributed by atoms with Crippen LogP contribution in [0.2, 0.25) is 0 Å². The van der Waals surface area contributed by atoms with E-state index < -0.39 is 22.5 Å². The van der Waals surface area contributed by atoms with E-state index in [9.17, 15) is 13.2 Å². The van der Waals surface area contributed by atoms with E-state index >= 15 is 0 Å². The Morgan fingerprint density at radius 2 is 1.90 bits per heavy atom. The zero-order valence-electron chi connectivity index (χ0n) is 12.3. The Balaban J connectivity index is 3.24. The van der Waals surface area contributed by atoms with E-state index in [4.69, 9.17) is 5.11 Å². The standard InChI is InChI=1S/C14H21NO4S/c1-10(2)8-15(9-14(16)17)20(18,19)13-6-5-11(3)7-12(13)4/h5-7,10H,8-9H2,1-4H3,(H,16,17). The fourth-order valence-electron chi connectivity index (χ4n) is 2.03. The van der Waals surface area contributed by atoms with Gasteiger partial charge in [0.05, 0.1) is 4.90 Å². The monoisotopic (exact) mass is 299 g/mol. The first kappa shape index (κ1) is 16.7. The van der Waals surface area contributed by atoms with Crippen molar-refractivity contribution < 1.29 is 18.3 Å². The van der Waals surface area contributed by atoms with Crippen LogP contribution in [0.3, 0.4) is 0 Å². The summed E-state index contributed by atoms with van der Waals surface area (Å²) in [6.45, 7) is 6.97. The summed E-state index contributed by atoms with van der Waals surface area (Å²) in [6, 6.07) is 5.03. The molecule has 1 aromatic carbocycles. The zero-order chi connectivity index (χ0) is 15.5. The lowest BCUT2D eigenvalue weighted by atomic mass is 10.2. The molecular weight excluding hydrogens is 278 g/mol. The highest BCUT2D eigenvalue weighted by molar-refractivity contribution is 7.89. The Bertz CT molecular complexity index is 593. The highest BCUT2D eigenvalue weighted by Crippen LogP contribution is 2.21. The maximum Gasteiger partial charge on any atom is 0.318 e. The second-order valence-corrected chi connectivity index (χ2v) is 7.26. The summed E-state index contributed by atoms with van der Waals surface area (Å²) in [5.74, 6) is -1.10. The predicted octanol–water partition coefficient (Wildman–Crippen LogP) is 2.03. The number of carboxylic acid groups (broad SMARTS) is 1. The van der Waals surface area contributed by atoms with E-state index in [1.165, 1.54) is 6.07 Å². The van der Waals surface area contributed by atoms with Crippen LogP contribution in [0.15, 0.2) is 23.1 Å². The number of aliphatic carboxylic acids is 1. The second kappa shape index (κ2) is 6.37. The number of hydrogen-bond donors (Lipinski definition) is 1. The Morgan fingerprint density at radius 1 is 1.30 bits per heavy atom. The van der Waals surface area contributed by atoms with Gasteiger partial charge in [-0.3, -0.25) is 4.79 Å². The molecule has 20 heavy (non-hydrogen) atoms. The summed E-state index contributed by atoms with van der Waals surface area (Å²) < 4.78 is 26.2. The Hall–Kier alpha value is -1.40. The van der Waals surface area contributed by atoms with E-state index in [1.54, 1.807) is 19.1 Å². The largest absolute Gasteiger partial charge is 0.480 e. The molecule has 0 radical (unpaired) electrons. The molecule has 0 aromatic heterocycles. The number of rotatable bonds is 6. The second-order valence-electron chi connectivity index (χ2n) is 5.35. The maximum atomic E-state index is 12.6. The average Bonchev–Trinajstić information content (AvgIpc) is 2.26. The third-order valence-corrected chi connectivity index (χ3v) is 4.80. The summed E-state index contributed by atoms with van der Waals surface area (Å²) in [5, 5.41) is 8.91. The number of aryl methyl sites for hydroxylation is 2. The van der Waals surface area contributed by atoms with Gasteiger partial charge in [-0.1, -0.05) is 31.5 Å². The van der Waals surface area contributed by atoms with Crippen molar-refractivity contribution in [3.63, 3.8) is 0 Å². The van der Waals surface area contributed by atoms with Crippen molar-refractivity contribution in [2.45, 2.75) is 32.6 Å². The molecule has 0 fully saturated rings. The van der Waals surface area contributed by atoms with Crippen LogP contribution in [0, 0.1) is 19.8 Å². The summed E-state index contributed by atoms with van der Waals surface area (Å²) in [6.07, 6.45) is 0. The van der Waals surface area contributed by atoms with Gasteiger partial charge < -0.3 is 5.11 Å². The van der Waals surface area contributed by atoms with Crippen molar-refractivity contribution in [2.24, 2.45) is 5.92 Å². The molecule has 0 bridgehead atoms. The highest BCUT2D eigenvalue weighted by atomic mass is 32.2. The van der Waals surface area contributed by atoms with Crippen LogP contribution in [-0.4, -0.2) is 36.9 Å². The minimum absolute atomic E-state index is 0.0508. The molecule has 6 heteroatoms. The summed E-state index contributed by atoms with van der Waals surface area (Å²) in [4.78, 5) is 11.1. The van der Waals surface area contributed by atoms with Gasteiger partial charge in [-0.15, -0.1) is 0 Å². The van der Waals surface area contributed by atoms with E-state index in [-0.39, 0.29) is 17.4 Å². The molecule has 0 aliphatic carbocycles. The lowest BCUT2D eigenvalue weighted by molar-refractivity contribution is -0.137. The summed E-state index contributed by atoms with van der Waals surface area (Å²) >= 11 is 0. The Morgan fingerprint density at radius 3 is 2.35 bits per heavy atom. The minimum Gasteiger partial charge on any atom is -0.480 e. The van der Waals surface area contributed by atoms with Crippen molar-refractivity contribution in [1.29, 1.82) is 0 Å². The normalized spacial score (nSPS) is 12.1. The van der Waals surface area contributed by atoms with Crippen molar-refractivity contribution in [1.82, 2.24) is 4.31 Å². The van der Waals surface area contributed by atoms with Crippen molar-refractivity contribution in [2.75, 3.05) is 13.1 Å². The molecule has 0 aliphatic rings. The first-order valence-electron chi connectivity index (χ1n) is 6.43. The van der Waals surface area contributed by atoms with Crippen molar-refractivity contribution >= 4 is 16.0 Å². The molecule has 0 aliphatic heterocycles. The first-order chi connectivity index (χ1) is 9.14. The highest BCUT2D eigenvalue weighted by Gasteiger charge is 2.28. The smallest absolute Gasteiger partial charge is 0.318 e. The van der Waals surface area contributed by atoms with Crippen LogP contribution in [0.25, 0.3) is 0 Å². The fourth-order valence-corrected chi connectivity index (χ4v) is 3.79. The first-order valence-corrected chi connectivity index (χ1v) is 7.87. The van der Waals surface area contributed by atoms with Gasteiger partial charge in [-0.05, 0) is 31.4 Å². The molecule has 1 rings (SSSR count). The molecule has 5 nitrogen and oxygen atoms in total. The van der Waals surface area contributed by atoms with Crippen LogP contribution in [0.5, 0.6) is 0 Å². The number of benzene rings is 1. The molecule has 0 saturated carbocycles. The maximum absolute atomic E-state index is 12.6. The molecular formula is C14H21NO4S. The number of carboxylic acids is 1. The van der Waals surface area contributed by atoms with Gasteiger partial charge in [-0.2, -0.15) is 4.31 Å². The number of hydrogen-bond acceptors (Lipinski definition) is 3. The number of sulfonamides is 1.